The smallest absolute Gasteiger partial charge is 0.387 e. The monoisotopic (exact) mass is 275 g/mol. The van der Waals surface area contributed by atoms with E-state index < -0.39 is 6.61 Å². The SMILES string of the molecule is FC(F)Oc1c(Cl)cccc1NCC1=NCCN1. The molecule has 0 saturated heterocycles. The van der Waals surface area contributed by atoms with Crippen molar-refractivity contribution in [3.05, 3.63) is 23.2 Å². The number of hydrogen-bond acceptors (Lipinski definition) is 4. The Balaban J connectivity index is 2.08. The largest absolute Gasteiger partial charge is 0.431 e. The Kier molecular flexibility index (Phi) is 4.19. The van der Waals surface area contributed by atoms with Crippen LogP contribution in [0.15, 0.2) is 23.2 Å². The Hall–Kier alpha value is -1.56. The quantitative estimate of drug-likeness (QED) is 0.867. The number of ether oxygens (including phenoxy) is 1. The highest BCUT2D eigenvalue weighted by atomic mass is 35.5. The van der Waals surface area contributed by atoms with Gasteiger partial charge in [-0.3, -0.25) is 4.99 Å². The first-order valence-corrected chi connectivity index (χ1v) is 5.79. The summed E-state index contributed by atoms with van der Waals surface area (Å²) in [5, 5.41) is 6.17. The Bertz CT molecular complexity index is 454. The van der Waals surface area contributed by atoms with Crippen molar-refractivity contribution in [3.63, 3.8) is 0 Å². The molecule has 0 bridgehead atoms. The van der Waals surface area contributed by atoms with Gasteiger partial charge < -0.3 is 15.4 Å². The fourth-order valence-electron chi connectivity index (χ4n) is 1.60. The van der Waals surface area contributed by atoms with Gasteiger partial charge in [0.2, 0.25) is 0 Å². The number of amidine groups is 1. The molecule has 0 atom stereocenters. The summed E-state index contributed by atoms with van der Waals surface area (Å²) >= 11 is 5.82. The molecule has 0 spiro atoms. The summed E-state index contributed by atoms with van der Waals surface area (Å²) in [5.74, 6) is 0.741. The fourth-order valence-corrected chi connectivity index (χ4v) is 1.82. The van der Waals surface area contributed by atoms with Crippen LogP contribution < -0.4 is 15.4 Å². The van der Waals surface area contributed by atoms with E-state index in [1.165, 1.54) is 6.07 Å². The highest BCUT2D eigenvalue weighted by molar-refractivity contribution is 6.32. The van der Waals surface area contributed by atoms with Crippen LogP contribution in [0.3, 0.4) is 0 Å². The molecule has 1 heterocycles. The summed E-state index contributed by atoms with van der Waals surface area (Å²) in [6.07, 6.45) is 0. The number of rotatable bonds is 5. The molecular formula is C11H12ClF2N3O. The number of halogens is 3. The van der Waals surface area contributed by atoms with Crippen molar-refractivity contribution in [2.75, 3.05) is 25.0 Å². The minimum atomic E-state index is -2.91. The molecule has 0 aliphatic carbocycles. The standard InChI is InChI=1S/C11H12ClF2N3O/c12-7-2-1-3-8(10(7)18-11(13)14)17-6-9-15-4-5-16-9/h1-3,11,17H,4-6H2,(H,15,16). The molecule has 18 heavy (non-hydrogen) atoms. The van der Waals surface area contributed by atoms with E-state index in [0.717, 1.165) is 18.9 Å². The van der Waals surface area contributed by atoms with Gasteiger partial charge in [0.25, 0.3) is 0 Å². The lowest BCUT2D eigenvalue weighted by molar-refractivity contribution is -0.0493. The zero-order chi connectivity index (χ0) is 13.0. The molecule has 7 heteroatoms. The summed E-state index contributed by atoms with van der Waals surface area (Å²) in [4.78, 5) is 4.18. The predicted molar refractivity (Wildman–Crippen MR) is 66.9 cm³/mol. The number of benzene rings is 1. The highest BCUT2D eigenvalue weighted by Gasteiger charge is 2.14. The van der Waals surface area contributed by atoms with E-state index in [-0.39, 0.29) is 10.8 Å². The van der Waals surface area contributed by atoms with Crippen molar-refractivity contribution >= 4 is 23.1 Å². The van der Waals surface area contributed by atoms with Gasteiger partial charge in [-0.2, -0.15) is 8.78 Å². The number of aliphatic imine (C=N–C) groups is 1. The van der Waals surface area contributed by atoms with E-state index in [0.29, 0.717) is 12.2 Å². The first-order chi connectivity index (χ1) is 8.66. The van der Waals surface area contributed by atoms with E-state index in [4.69, 9.17) is 11.6 Å². The van der Waals surface area contributed by atoms with Crippen LogP contribution >= 0.6 is 11.6 Å². The van der Waals surface area contributed by atoms with Gasteiger partial charge in [-0.1, -0.05) is 17.7 Å². The Morgan fingerprint density at radius 2 is 2.33 bits per heavy atom. The van der Waals surface area contributed by atoms with Crippen molar-refractivity contribution in [2.24, 2.45) is 4.99 Å². The van der Waals surface area contributed by atoms with E-state index in [9.17, 15) is 8.78 Å². The number of alkyl halides is 2. The van der Waals surface area contributed by atoms with Crippen molar-refractivity contribution in [3.8, 4) is 5.75 Å². The average Bonchev–Trinajstić information content (AvgIpc) is 2.82. The average molecular weight is 276 g/mol. The van der Waals surface area contributed by atoms with Crippen LogP contribution in [0.1, 0.15) is 0 Å². The fraction of sp³-hybridized carbons (Fsp3) is 0.364. The van der Waals surface area contributed by atoms with Gasteiger partial charge in [-0.25, -0.2) is 0 Å². The lowest BCUT2D eigenvalue weighted by atomic mass is 10.3. The van der Waals surface area contributed by atoms with Crippen molar-refractivity contribution < 1.29 is 13.5 Å². The first-order valence-electron chi connectivity index (χ1n) is 5.41. The van der Waals surface area contributed by atoms with Crippen LogP contribution in [0, 0.1) is 0 Å². The molecule has 1 aromatic carbocycles. The van der Waals surface area contributed by atoms with Gasteiger partial charge in [-0.05, 0) is 12.1 Å². The van der Waals surface area contributed by atoms with Gasteiger partial charge >= 0.3 is 6.61 Å². The topological polar surface area (TPSA) is 45.6 Å². The molecule has 2 rings (SSSR count). The molecule has 0 fully saturated rings. The number of anilines is 1. The number of nitrogens with one attached hydrogen (secondary N) is 2. The zero-order valence-corrected chi connectivity index (χ0v) is 10.2. The Morgan fingerprint density at radius 3 is 3.00 bits per heavy atom. The van der Waals surface area contributed by atoms with E-state index >= 15 is 0 Å². The first kappa shape index (κ1) is 12.9. The minimum absolute atomic E-state index is 0.0484. The second kappa shape index (κ2) is 5.86. The molecule has 0 saturated carbocycles. The van der Waals surface area contributed by atoms with Crippen LogP contribution in [-0.2, 0) is 0 Å². The second-order valence-corrected chi connectivity index (χ2v) is 4.01. The van der Waals surface area contributed by atoms with Crippen molar-refractivity contribution in [1.29, 1.82) is 0 Å². The molecule has 0 aromatic heterocycles. The van der Waals surface area contributed by atoms with Crippen LogP contribution in [0.25, 0.3) is 0 Å². The summed E-state index contributed by atoms with van der Waals surface area (Å²) < 4.78 is 29.0. The molecule has 98 valence electrons. The van der Waals surface area contributed by atoms with E-state index in [1.54, 1.807) is 12.1 Å². The van der Waals surface area contributed by atoms with E-state index in [2.05, 4.69) is 20.4 Å². The third-order valence-electron chi connectivity index (χ3n) is 2.36. The molecule has 1 aromatic rings. The number of hydrogen-bond donors (Lipinski definition) is 2. The lowest BCUT2D eigenvalue weighted by Crippen LogP contribution is -2.26. The number of nitrogens with zero attached hydrogens (tertiary/aromatic N) is 1. The van der Waals surface area contributed by atoms with Crippen molar-refractivity contribution in [2.45, 2.75) is 6.61 Å². The highest BCUT2D eigenvalue weighted by Crippen LogP contribution is 2.33. The van der Waals surface area contributed by atoms with Crippen LogP contribution in [0.5, 0.6) is 5.75 Å². The van der Waals surface area contributed by atoms with Crippen LogP contribution in [0.4, 0.5) is 14.5 Å². The molecule has 1 aliphatic rings. The van der Waals surface area contributed by atoms with E-state index in [1.807, 2.05) is 0 Å². The third-order valence-corrected chi connectivity index (χ3v) is 2.66. The molecule has 0 amide bonds. The maximum absolute atomic E-state index is 12.3. The minimum Gasteiger partial charge on any atom is -0.431 e. The van der Waals surface area contributed by atoms with Crippen LogP contribution in [0.2, 0.25) is 5.02 Å². The summed E-state index contributed by atoms with van der Waals surface area (Å²) in [6.45, 7) is -0.966. The molecule has 0 unspecified atom stereocenters. The maximum Gasteiger partial charge on any atom is 0.387 e. The summed E-state index contributed by atoms with van der Waals surface area (Å²) in [5.41, 5.74) is 0.416. The molecule has 1 aliphatic heterocycles. The van der Waals surface area contributed by atoms with Gasteiger partial charge in [0, 0.05) is 6.54 Å². The predicted octanol–water partition coefficient (Wildman–Crippen LogP) is 2.35. The van der Waals surface area contributed by atoms with Gasteiger partial charge in [0.05, 0.1) is 23.8 Å². The second-order valence-electron chi connectivity index (χ2n) is 3.60. The van der Waals surface area contributed by atoms with Crippen molar-refractivity contribution in [1.82, 2.24) is 5.32 Å². The maximum atomic E-state index is 12.3. The lowest BCUT2D eigenvalue weighted by Gasteiger charge is -2.14. The third kappa shape index (κ3) is 3.22. The normalized spacial score (nSPS) is 14.3. The Labute approximate surface area is 108 Å². The Morgan fingerprint density at radius 1 is 1.50 bits per heavy atom. The summed E-state index contributed by atoms with van der Waals surface area (Å²) in [7, 11) is 0. The van der Waals surface area contributed by atoms with Gasteiger partial charge in [0.1, 0.15) is 5.84 Å². The van der Waals surface area contributed by atoms with Gasteiger partial charge in [0.15, 0.2) is 5.75 Å². The zero-order valence-electron chi connectivity index (χ0n) is 9.42. The molecule has 0 radical (unpaired) electrons. The number of para-hydroxylation sites is 1. The van der Waals surface area contributed by atoms with Gasteiger partial charge in [-0.15, -0.1) is 0 Å². The van der Waals surface area contributed by atoms with Crippen LogP contribution in [-0.4, -0.2) is 32.1 Å². The molecule has 2 N–H and O–H groups in total. The summed E-state index contributed by atoms with van der Waals surface area (Å²) in [6, 6.07) is 4.78. The molecule has 4 nitrogen and oxygen atoms in total. The molecular weight excluding hydrogens is 264 g/mol.